The van der Waals surface area contributed by atoms with Crippen molar-refractivity contribution in [3.8, 4) is 11.5 Å². The molecule has 0 radical (unpaired) electrons. The van der Waals surface area contributed by atoms with Crippen LogP contribution >= 0.6 is 0 Å². The van der Waals surface area contributed by atoms with Gasteiger partial charge in [0.15, 0.2) is 0 Å². The summed E-state index contributed by atoms with van der Waals surface area (Å²) in [6.45, 7) is 4.23. The lowest BCUT2D eigenvalue weighted by Crippen LogP contribution is -2.25. The third-order valence-electron chi connectivity index (χ3n) is 3.81. The molecule has 0 fully saturated rings. The molecule has 2 aromatic carbocycles. The summed E-state index contributed by atoms with van der Waals surface area (Å²) in [4.78, 5) is 12.1. The highest BCUT2D eigenvalue weighted by molar-refractivity contribution is 5.97. The normalized spacial score (nSPS) is 10.5. The van der Waals surface area contributed by atoms with E-state index in [4.69, 9.17) is 0 Å². The topological polar surface area (TPSA) is 69.6 Å². The van der Waals surface area contributed by atoms with Gasteiger partial charge >= 0.3 is 0 Å². The molecule has 0 atom stereocenters. The van der Waals surface area contributed by atoms with Crippen molar-refractivity contribution >= 4 is 5.91 Å². The fraction of sp³-hybridized carbons (Fsp3) is 0.278. The highest BCUT2D eigenvalue weighted by Gasteiger charge is 2.13. The molecule has 0 spiro atoms. The van der Waals surface area contributed by atoms with Crippen LogP contribution in [0, 0.1) is 13.8 Å². The smallest absolute Gasteiger partial charge is 0.255 e. The summed E-state index contributed by atoms with van der Waals surface area (Å²) in [5.41, 5.74) is 3.12. The Balaban J connectivity index is 1.85. The Hall–Kier alpha value is -2.49. The minimum Gasteiger partial charge on any atom is -0.508 e. The first-order chi connectivity index (χ1) is 10.5. The zero-order valence-corrected chi connectivity index (χ0v) is 12.9. The summed E-state index contributed by atoms with van der Waals surface area (Å²) in [7, 11) is 0. The Labute approximate surface area is 130 Å². The Kier molecular flexibility index (Phi) is 5.04. The van der Waals surface area contributed by atoms with Gasteiger partial charge in [-0.1, -0.05) is 18.2 Å². The molecule has 0 saturated carbocycles. The van der Waals surface area contributed by atoms with Gasteiger partial charge in [-0.05, 0) is 61.6 Å². The third kappa shape index (κ3) is 3.79. The Bertz CT molecular complexity index is 663. The Morgan fingerprint density at radius 2 is 1.73 bits per heavy atom. The van der Waals surface area contributed by atoms with Gasteiger partial charge in [0.25, 0.3) is 5.91 Å². The quantitative estimate of drug-likeness (QED) is 0.743. The van der Waals surface area contributed by atoms with E-state index in [-0.39, 0.29) is 17.4 Å². The van der Waals surface area contributed by atoms with Gasteiger partial charge in [0.1, 0.15) is 11.5 Å². The first-order valence-electron chi connectivity index (χ1n) is 7.34. The van der Waals surface area contributed by atoms with E-state index in [1.54, 1.807) is 25.1 Å². The van der Waals surface area contributed by atoms with Crippen LogP contribution in [0.15, 0.2) is 36.4 Å². The fourth-order valence-electron chi connectivity index (χ4n) is 2.24. The van der Waals surface area contributed by atoms with Gasteiger partial charge in [0.2, 0.25) is 0 Å². The molecule has 0 aliphatic heterocycles. The van der Waals surface area contributed by atoms with E-state index < -0.39 is 0 Å². The van der Waals surface area contributed by atoms with Crippen LogP contribution in [0.4, 0.5) is 0 Å². The number of carbonyl (C=O) groups is 1. The number of rotatable bonds is 5. The molecule has 0 unspecified atom stereocenters. The van der Waals surface area contributed by atoms with Gasteiger partial charge in [-0.3, -0.25) is 4.79 Å². The minimum absolute atomic E-state index is 0.0519. The van der Waals surface area contributed by atoms with Crippen LogP contribution in [0.3, 0.4) is 0 Å². The maximum atomic E-state index is 12.1. The number of amides is 1. The average molecular weight is 299 g/mol. The largest absolute Gasteiger partial charge is 0.508 e. The number of hydrogen-bond donors (Lipinski definition) is 3. The number of phenols is 2. The van der Waals surface area contributed by atoms with Crippen molar-refractivity contribution in [3.63, 3.8) is 0 Å². The number of hydrogen-bond acceptors (Lipinski definition) is 3. The van der Waals surface area contributed by atoms with Crippen LogP contribution in [-0.4, -0.2) is 22.7 Å². The van der Waals surface area contributed by atoms with E-state index in [0.717, 1.165) is 29.5 Å². The van der Waals surface area contributed by atoms with E-state index >= 15 is 0 Å². The molecule has 116 valence electrons. The van der Waals surface area contributed by atoms with Crippen molar-refractivity contribution in [2.24, 2.45) is 0 Å². The van der Waals surface area contributed by atoms with Crippen LogP contribution in [0.25, 0.3) is 0 Å². The van der Waals surface area contributed by atoms with E-state index in [1.807, 2.05) is 25.1 Å². The standard InChI is InChI=1S/C18H21NO3/c1-12-5-10-16(17(21)13(12)2)18(22)19-11-3-4-14-6-8-15(20)9-7-14/h5-10,20-21H,3-4,11H2,1-2H3,(H,19,22). The summed E-state index contributed by atoms with van der Waals surface area (Å²) in [6, 6.07) is 10.5. The maximum Gasteiger partial charge on any atom is 0.255 e. The van der Waals surface area contributed by atoms with Gasteiger partial charge in [0.05, 0.1) is 5.56 Å². The van der Waals surface area contributed by atoms with Gasteiger partial charge < -0.3 is 15.5 Å². The molecule has 0 aliphatic rings. The van der Waals surface area contributed by atoms with Crippen molar-refractivity contribution in [2.75, 3.05) is 6.54 Å². The fourth-order valence-corrected chi connectivity index (χ4v) is 2.24. The summed E-state index contributed by atoms with van der Waals surface area (Å²) in [6.07, 6.45) is 1.61. The molecule has 0 bridgehead atoms. The molecule has 4 heteroatoms. The van der Waals surface area contributed by atoms with E-state index in [9.17, 15) is 15.0 Å². The van der Waals surface area contributed by atoms with E-state index in [0.29, 0.717) is 12.1 Å². The zero-order valence-electron chi connectivity index (χ0n) is 12.9. The third-order valence-corrected chi connectivity index (χ3v) is 3.81. The molecule has 0 saturated heterocycles. The number of nitrogens with one attached hydrogen (secondary N) is 1. The molecule has 1 amide bonds. The number of aryl methyl sites for hydroxylation is 2. The van der Waals surface area contributed by atoms with Gasteiger partial charge in [-0.2, -0.15) is 0 Å². The molecule has 0 aliphatic carbocycles. The number of aromatic hydroxyl groups is 2. The second kappa shape index (κ2) is 6.98. The minimum atomic E-state index is -0.258. The van der Waals surface area contributed by atoms with Crippen LogP contribution in [0.2, 0.25) is 0 Å². The molecule has 4 nitrogen and oxygen atoms in total. The maximum absolute atomic E-state index is 12.1. The number of benzene rings is 2. The molecule has 2 aromatic rings. The first-order valence-corrected chi connectivity index (χ1v) is 7.34. The second-order valence-corrected chi connectivity index (χ2v) is 5.43. The average Bonchev–Trinajstić information content (AvgIpc) is 2.51. The highest BCUT2D eigenvalue weighted by atomic mass is 16.3. The van der Waals surface area contributed by atoms with Gasteiger partial charge in [-0.25, -0.2) is 0 Å². The molecule has 0 aromatic heterocycles. The zero-order chi connectivity index (χ0) is 16.1. The molecule has 3 N–H and O–H groups in total. The first kappa shape index (κ1) is 15.9. The highest BCUT2D eigenvalue weighted by Crippen LogP contribution is 2.24. The summed E-state index contributed by atoms with van der Waals surface area (Å²) >= 11 is 0. The molecule has 0 heterocycles. The van der Waals surface area contributed by atoms with Crippen molar-refractivity contribution in [1.82, 2.24) is 5.32 Å². The van der Waals surface area contributed by atoms with Crippen LogP contribution in [0.5, 0.6) is 11.5 Å². The lowest BCUT2D eigenvalue weighted by atomic mass is 10.0. The lowest BCUT2D eigenvalue weighted by Gasteiger charge is -2.10. The van der Waals surface area contributed by atoms with Gasteiger partial charge in [-0.15, -0.1) is 0 Å². The van der Waals surface area contributed by atoms with Crippen molar-refractivity contribution in [1.29, 1.82) is 0 Å². The van der Waals surface area contributed by atoms with Crippen molar-refractivity contribution in [3.05, 3.63) is 58.7 Å². The predicted octanol–water partition coefficient (Wildman–Crippen LogP) is 3.08. The van der Waals surface area contributed by atoms with E-state index in [1.165, 1.54) is 0 Å². The summed E-state index contributed by atoms with van der Waals surface area (Å²) < 4.78 is 0. The number of phenolic OH excluding ortho intramolecular Hbond substituents is 2. The van der Waals surface area contributed by atoms with Crippen molar-refractivity contribution < 1.29 is 15.0 Å². The van der Waals surface area contributed by atoms with Gasteiger partial charge in [0, 0.05) is 6.54 Å². The molecule has 22 heavy (non-hydrogen) atoms. The SMILES string of the molecule is Cc1ccc(C(=O)NCCCc2ccc(O)cc2)c(O)c1C. The number of carbonyl (C=O) groups excluding carboxylic acids is 1. The Morgan fingerprint density at radius 3 is 2.41 bits per heavy atom. The predicted molar refractivity (Wildman–Crippen MR) is 86.3 cm³/mol. The Morgan fingerprint density at radius 1 is 1.05 bits per heavy atom. The van der Waals surface area contributed by atoms with E-state index in [2.05, 4.69) is 5.32 Å². The summed E-state index contributed by atoms with van der Waals surface area (Å²) in [5, 5.41) is 22.1. The summed E-state index contributed by atoms with van der Waals surface area (Å²) in [5.74, 6) is 0.0459. The molecule has 2 rings (SSSR count). The molecular formula is C18H21NO3. The van der Waals surface area contributed by atoms with Crippen LogP contribution in [-0.2, 0) is 6.42 Å². The van der Waals surface area contributed by atoms with Crippen molar-refractivity contribution in [2.45, 2.75) is 26.7 Å². The lowest BCUT2D eigenvalue weighted by molar-refractivity contribution is 0.0950. The monoisotopic (exact) mass is 299 g/mol. The molecular weight excluding hydrogens is 278 g/mol. The van der Waals surface area contributed by atoms with Crippen LogP contribution in [0.1, 0.15) is 33.5 Å². The van der Waals surface area contributed by atoms with Crippen LogP contribution < -0.4 is 5.32 Å². The second-order valence-electron chi connectivity index (χ2n) is 5.43.